The number of hydrogen-bond acceptors (Lipinski definition) is 12. The summed E-state index contributed by atoms with van der Waals surface area (Å²) in [6, 6.07) is 0. The zero-order valence-electron chi connectivity index (χ0n) is 22.9. The van der Waals surface area contributed by atoms with Crippen molar-refractivity contribution >= 4 is 19.8 Å². The number of rotatable bonds is 20. The van der Waals surface area contributed by atoms with E-state index in [-0.39, 0.29) is 12.8 Å². The second kappa shape index (κ2) is 19.1. The lowest BCUT2D eigenvalue weighted by Crippen LogP contribution is -2.64. The Labute approximate surface area is 230 Å². The van der Waals surface area contributed by atoms with Crippen molar-refractivity contribution < 1.29 is 63.1 Å². The molecule has 14 heteroatoms. The fourth-order valence-electron chi connectivity index (χ4n) is 4.09. The predicted octanol–water partition coefficient (Wildman–Crippen LogP) is 1.48. The van der Waals surface area contributed by atoms with Crippen LogP contribution in [0.1, 0.15) is 90.9 Å². The predicted molar refractivity (Wildman–Crippen MR) is 138 cm³/mol. The maximum atomic E-state index is 12.4. The Kier molecular flexibility index (Phi) is 17.5. The number of ether oxygens (including phenoxy) is 2. The molecule has 0 radical (unpaired) electrons. The molecule has 6 unspecified atom stereocenters. The van der Waals surface area contributed by atoms with Crippen LogP contribution in [0.2, 0.25) is 0 Å². The van der Waals surface area contributed by atoms with Crippen molar-refractivity contribution in [2.45, 2.75) is 134 Å². The van der Waals surface area contributed by atoms with Gasteiger partial charge in [0.1, 0.15) is 43.2 Å². The molecule has 0 amide bonds. The highest BCUT2D eigenvalue weighted by Crippen LogP contribution is 2.47. The monoisotopic (exact) mass is 586 g/mol. The molecule has 0 heterocycles. The van der Waals surface area contributed by atoms with Crippen LogP contribution in [0.3, 0.4) is 0 Å². The Morgan fingerprint density at radius 1 is 0.692 bits per heavy atom. The summed E-state index contributed by atoms with van der Waals surface area (Å²) >= 11 is 0. The van der Waals surface area contributed by atoms with Crippen LogP contribution in [0.5, 0.6) is 0 Å². The number of phosphoric ester groups is 1. The molecular formula is C25H47O13P. The largest absolute Gasteiger partial charge is 0.472 e. The van der Waals surface area contributed by atoms with Gasteiger partial charge in [0.15, 0.2) is 6.10 Å². The highest BCUT2D eigenvalue weighted by molar-refractivity contribution is 7.47. The minimum Gasteiger partial charge on any atom is -0.462 e. The molecule has 1 fully saturated rings. The van der Waals surface area contributed by atoms with Crippen LogP contribution in [0.4, 0.5) is 0 Å². The molecule has 0 saturated heterocycles. The third kappa shape index (κ3) is 13.8. The maximum Gasteiger partial charge on any atom is 0.472 e. The molecule has 1 aliphatic rings. The van der Waals surface area contributed by atoms with E-state index in [4.69, 9.17) is 18.5 Å². The normalized spacial score (nSPS) is 27.5. The number of unbranched alkanes of at least 4 members (excludes halogenated alkanes) is 8. The first-order chi connectivity index (χ1) is 18.4. The van der Waals surface area contributed by atoms with Crippen molar-refractivity contribution in [2.75, 3.05) is 13.2 Å². The quantitative estimate of drug-likeness (QED) is 0.0679. The van der Waals surface area contributed by atoms with E-state index in [0.29, 0.717) is 12.8 Å². The molecule has 1 aliphatic carbocycles. The van der Waals surface area contributed by atoms with Gasteiger partial charge in [-0.25, -0.2) is 4.57 Å². The van der Waals surface area contributed by atoms with E-state index in [9.17, 15) is 44.6 Å². The SMILES string of the molecule is CCCCCCCCCCCC(=O)OC[C@H](COP(=O)(O)OC1C(O)C(O)C(O)[C@@H](O)C1O)OC(=O)CCC. The van der Waals surface area contributed by atoms with Gasteiger partial charge in [0.05, 0.1) is 6.61 Å². The average molecular weight is 587 g/mol. The number of aliphatic hydroxyl groups excluding tert-OH is 5. The van der Waals surface area contributed by atoms with Crippen molar-refractivity contribution in [1.82, 2.24) is 0 Å². The molecule has 0 aliphatic heterocycles. The van der Waals surface area contributed by atoms with Crippen molar-refractivity contribution in [1.29, 1.82) is 0 Å². The van der Waals surface area contributed by atoms with Gasteiger partial charge in [-0.1, -0.05) is 65.2 Å². The van der Waals surface area contributed by atoms with Crippen molar-refractivity contribution in [3.63, 3.8) is 0 Å². The molecule has 230 valence electrons. The Balaban J connectivity index is 2.53. The number of esters is 2. The number of hydrogen-bond donors (Lipinski definition) is 6. The average Bonchev–Trinajstić information content (AvgIpc) is 2.89. The Morgan fingerprint density at radius 3 is 1.74 bits per heavy atom. The topological polar surface area (TPSA) is 210 Å². The third-order valence-electron chi connectivity index (χ3n) is 6.42. The summed E-state index contributed by atoms with van der Waals surface area (Å²) in [6.07, 6.45) is -2.70. The minimum atomic E-state index is -5.06. The molecule has 0 spiro atoms. The summed E-state index contributed by atoms with van der Waals surface area (Å²) in [4.78, 5) is 34.2. The van der Waals surface area contributed by atoms with Gasteiger partial charge in [-0.2, -0.15) is 0 Å². The Bertz CT molecular complexity index is 735. The lowest BCUT2D eigenvalue weighted by Gasteiger charge is -2.41. The maximum absolute atomic E-state index is 12.4. The van der Waals surface area contributed by atoms with Crippen LogP contribution >= 0.6 is 7.82 Å². The number of carbonyl (C=O) groups excluding carboxylic acids is 2. The molecule has 39 heavy (non-hydrogen) atoms. The van der Waals surface area contributed by atoms with Gasteiger partial charge in [0.2, 0.25) is 0 Å². The van der Waals surface area contributed by atoms with Crippen molar-refractivity contribution in [3.8, 4) is 0 Å². The van der Waals surface area contributed by atoms with Crippen molar-refractivity contribution in [3.05, 3.63) is 0 Å². The first kappa shape index (κ1) is 35.9. The molecule has 1 rings (SSSR count). The molecule has 0 bridgehead atoms. The van der Waals surface area contributed by atoms with Gasteiger partial charge >= 0.3 is 19.8 Å². The fourth-order valence-corrected chi connectivity index (χ4v) is 5.06. The summed E-state index contributed by atoms with van der Waals surface area (Å²) < 4.78 is 32.4. The summed E-state index contributed by atoms with van der Waals surface area (Å²) in [7, 11) is -5.06. The minimum absolute atomic E-state index is 0.0503. The summed E-state index contributed by atoms with van der Waals surface area (Å²) in [5, 5.41) is 49.1. The highest BCUT2D eigenvalue weighted by atomic mass is 31.2. The van der Waals surface area contributed by atoms with E-state index in [1.54, 1.807) is 6.92 Å². The molecule has 6 N–H and O–H groups in total. The van der Waals surface area contributed by atoms with Crippen LogP contribution in [-0.4, -0.2) is 98.3 Å². The molecule has 0 aromatic carbocycles. The van der Waals surface area contributed by atoms with Crippen LogP contribution in [0.15, 0.2) is 0 Å². The number of aliphatic hydroxyl groups is 5. The lowest BCUT2D eigenvalue weighted by molar-refractivity contribution is -0.220. The summed E-state index contributed by atoms with van der Waals surface area (Å²) in [6.45, 7) is 2.74. The number of phosphoric acid groups is 1. The molecular weight excluding hydrogens is 539 g/mol. The Morgan fingerprint density at radius 2 is 1.21 bits per heavy atom. The molecule has 8 atom stereocenters. The Hall–Kier alpha value is -1.15. The zero-order chi connectivity index (χ0) is 29.4. The van der Waals surface area contributed by atoms with Gasteiger partial charge in [-0.05, 0) is 12.8 Å². The molecule has 1 saturated carbocycles. The molecule has 0 aromatic heterocycles. The molecule has 0 aromatic rings. The highest BCUT2D eigenvalue weighted by Gasteiger charge is 2.51. The van der Waals surface area contributed by atoms with E-state index in [1.165, 1.54) is 32.1 Å². The first-order valence-corrected chi connectivity index (χ1v) is 15.3. The fraction of sp³-hybridized carbons (Fsp3) is 0.920. The van der Waals surface area contributed by atoms with Gasteiger partial charge in [0.25, 0.3) is 0 Å². The molecule has 13 nitrogen and oxygen atoms in total. The summed E-state index contributed by atoms with van der Waals surface area (Å²) in [5.74, 6) is -1.17. The van der Waals surface area contributed by atoms with Gasteiger partial charge < -0.3 is 39.9 Å². The summed E-state index contributed by atoms with van der Waals surface area (Å²) in [5.41, 5.74) is 0. The van der Waals surface area contributed by atoms with Crippen LogP contribution in [0, 0.1) is 0 Å². The second-order valence-corrected chi connectivity index (χ2v) is 11.3. The third-order valence-corrected chi connectivity index (χ3v) is 7.40. The van der Waals surface area contributed by atoms with Crippen LogP contribution < -0.4 is 0 Å². The van der Waals surface area contributed by atoms with Gasteiger partial charge in [0, 0.05) is 12.8 Å². The number of carbonyl (C=O) groups is 2. The van der Waals surface area contributed by atoms with E-state index < -0.39 is 75.7 Å². The van der Waals surface area contributed by atoms with E-state index >= 15 is 0 Å². The van der Waals surface area contributed by atoms with Gasteiger partial charge in [-0.3, -0.25) is 18.6 Å². The first-order valence-electron chi connectivity index (χ1n) is 13.8. The smallest absolute Gasteiger partial charge is 0.462 e. The van der Waals surface area contributed by atoms with Gasteiger partial charge in [-0.15, -0.1) is 0 Å². The van der Waals surface area contributed by atoms with Crippen molar-refractivity contribution in [2.24, 2.45) is 0 Å². The van der Waals surface area contributed by atoms with E-state index in [1.807, 2.05) is 0 Å². The van der Waals surface area contributed by atoms with E-state index in [2.05, 4.69) is 6.92 Å². The van der Waals surface area contributed by atoms with Crippen LogP contribution in [-0.2, 0) is 32.7 Å². The van der Waals surface area contributed by atoms with E-state index in [0.717, 1.165) is 19.3 Å². The second-order valence-electron chi connectivity index (χ2n) is 9.91. The standard InChI is InChI=1S/C25H47O13P/c1-3-5-6-7-8-9-10-11-12-14-18(26)35-15-17(37-19(27)13-4-2)16-36-39(33,34)38-25-23(31)21(29)20(28)22(30)24(25)32/h17,20-25,28-32H,3-16H2,1-2H3,(H,33,34)/t17-,20?,21-,22?,23?,24?,25?/m1/s1. The lowest BCUT2D eigenvalue weighted by atomic mass is 9.85. The zero-order valence-corrected chi connectivity index (χ0v) is 23.8. The van der Waals surface area contributed by atoms with Crippen LogP contribution in [0.25, 0.3) is 0 Å².